The maximum atomic E-state index is 11.5. The van der Waals surface area contributed by atoms with Crippen LogP contribution in [0.5, 0.6) is 0 Å². The van der Waals surface area contributed by atoms with Gasteiger partial charge in [0.2, 0.25) is 5.91 Å². The summed E-state index contributed by atoms with van der Waals surface area (Å²) in [5.74, 6) is -0.268. The van der Waals surface area contributed by atoms with Crippen molar-refractivity contribution in [2.75, 3.05) is 6.61 Å². The van der Waals surface area contributed by atoms with E-state index in [0.29, 0.717) is 6.42 Å². The molecule has 0 saturated heterocycles. The zero-order chi connectivity index (χ0) is 19.5. The zero-order valence-electron chi connectivity index (χ0n) is 17.2. The second-order valence-electron chi connectivity index (χ2n) is 7.40. The van der Waals surface area contributed by atoms with Crippen LogP contribution in [-0.2, 0) is 4.79 Å². The number of aliphatic hydroxyl groups excluding tert-OH is 2. The van der Waals surface area contributed by atoms with Gasteiger partial charge in [-0.25, -0.2) is 0 Å². The number of unbranched alkanes of at least 4 members (excludes halogenated alkanes) is 12. The molecular formula is C22H43NO3. The van der Waals surface area contributed by atoms with Gasteiger partial charge in [-0.3, -0.25) is 4.79 Å². The highest BCUT2D eigenvalue weighted by Crippen LogP contribution is 2.14. The molecule has 0 fully saturated rings. The third-order valence-corrected chi connectivity index (χ3v) is 4.91. The molecule has 0 spiro atoms. The third kappa shape index (κ3) is 15.4. The van der Waals surface area contributed by atoms with Gasteiger partial charge in [0.25, 0.3) is 0 Å². The van der Waals surface area contributed by atoms with Crippen LogP contribution >= 0.6 is 0 Å². The van der Waals surface area contributed by atoms with Crippen molar-refractivity contribution < 1.29 is 15.0 Å². The van der Waals surface area contributed by atoms with Crippen molar-refractivity contribution in [1.82, 2.24) is 5.32 Å². The first kappa shape index (κ1) is 25.1. The maximum absolute atomic E-state index is 11.5. The van der Waals surface area contributed by atoms with Crippen LogP contribution in [0, 0.1) is 0 Å². The Kier molecular flexibility index (Phi) is 18.3. The lowest BCUT2D eigenvalue weighted by Gasteiger charge is -2.21. The molecule has 26 heavy (non-hydrogen) atoms. The Morgan fingerprint density at radius 2 is 1.35 bits per heavy atom. The van der Waals surface area contributed by atoms with Gasteiger partial charge in [0, 0.05) is 0 Å². The van der Waals surface area contributed by atoms with Crippen molar-refractivity contribution in [2.45, 2.75) is 116 Å². The molecule has 0 bridgehead atoms. The maximum Gasteiger partial charge on any atom is 0.244 e. The molecule has 3 N–H and O–H groups in total. The van der Waals surface area contributed by atoms with E-state index in [1.165, 1.54) is 76.7 Å². The molecule has 0 aliphatic rings. The second kappa shape index (κ2) is 18.9. The van der Waals surface area contributed by atoms with Crippen LogP contribution in [0.15, 0.2) is 12.2 Å². The average Bonchev–Trinajstić information content (AvgIpc) is 2.63. The lowest BCUT2D eigenvalue weighted by Crippen LogP contribution is -2.45. The molecule has 0 unspecified atom stereocenters. The molecule has 0 aromatic rings. The summed E-state index contributed by atoms with van der Waals surface area (Å²) < 4.78 is 0. The van der Waals surface area contributed by atoms with Crippen molar-refractivity contribution in [2.24, 2.45) is 0 Å². The first-order valence-corrected chi connectivity index (χ1v) is 10.9. The van der Waals surface area contributed by atoms with Crippen molar-refractivity contribution in [1.29, 1.82) is 0 Å². The van der Waals surface area contributed by atoms with Crippen molar-refractivity contribution >= 4 is 5.91 Å². The van der Waals surface area contributed by atoms with Crippen LogP contribution < -0.4 is 5.32 Å². The minimum absolute atomic E-state index is 0.233. The third-order valence-electron chi connectivity index (χ3n) is 4.91. The average molecular weight is 370 g/mol. The van der Waals surface area contributed by atoms with E-state index < -0.39 is 12.1 Å². The predicted molar refractivity (Wildman–Crippen MR) is 110 cm³/mol. The molecular weight excluding hydrogens is 326 g/mol. The predicted octanol–water partition coefficient (Wildman–Crippen LogP) is 4.88. The van der Waals surface area contributed by atoms with Gasteiger partial charge in [-0.05, 0) is 19.4 Å². The first-order chi connectivity index (χ1) is 12.7. The molecule has 4 nitrogen and oxygen atoms in total. The van der Waals surface area contributed by atoms with E-state index in [1.807, 2.05) is 0 Å². The quantitative estimate of drug-likeness (QED) is 0.238. The van der Waals surface area contributed by atoms with Crippen molar-refractivity contribution in [3.63, 3.8) is 0 Å². The van der Waals surface area contributed by atoms with Gasteiger partial charge in [0.05, 0.1) is 18.8 Å². The summed E-state index contributed by atoms with van der Waals surface area (Å²) in [6, 6.07) is -0.573. The van der Waals surface area contributed by atoms with Crippen LogP contribution in [0.2, 0.25) is 0 Å². The summed E-state index contributed by atoms with van der Waals surface area (Å²) >= 11 is 0. The van der Waals surface area contributed by atoms with Gasteiger partial charge >= 0.3 is 0 Å². The Balaban J connectivity index is 3.49. The number of carbonyl (C=O) groups is 1. The molecule has 0 radical (unpaired) electrons. The lowest BCUT2D eigenvalue weighted by molar-refractivity contribution is -0.118. The van der Waals surface area contributed by atoms with E-state index in [1.54, 1.807) is 13.0 Å². The molecule has 0 heterocycles. The van der Waals surface area contributed by atoms with Crippen LogP contribution in [0.4, 0.5) is 0 Å². The van der Waals surface area contributed by atoms with Crippen LogP contribution in [0.1, 0.15) is 104 Å². The summed E-state index contributed by atoms with van der Waals surface area (Å²) in [6.45, 7) is 3.79. The first-order valence-electron chi connectivity index (χ1n) is 10.9. The summed E-state index contributed by atoms with van der Waals surface area (Å²) in [5, 5.41) is 22.1. The Hall–Kier alpha value is -0.870. The van der Waals surface area contributed by atoms with Gasteiger partial charge in [-0.2, -0.15) is 0 Å². The number of rotatable bonds is 18. The minimum atomic E-state index is -0.679. The van der Waals surface area contributed by atoms with E-state index in [9.17, 15) is 15.0 Å². The summed E-state index contributed by atoms with van der Waals surface area (Å²) in [7, 11) is 0. The highest BCUT2D eigenvalue weighted by atomic mass is 16.3. The van der Waals surface area contributed by atoms with Crippen LogP contribution in [-0.4, -0.2) is 34.9 Å². The topological polar surface area (TPSA) is 69.6 Å². The Labute approximate surface area is 161 Å². The van der Waals surface area contributed by atoms with E-state index in [0.717, 1.165) is 12.8 Å². The zero-order valence-corrected chi connectivity index (χ0v) is 17.2. The highest BCUT2D eigenvalue weighted by molar-refractivity contribution is 5.87. The molecule has 1 amide bonds. The molecule has 0 rings (SSSR count). The molecule has 0 saturated carbocycles. The molecule has 0 aromatic carbocycles. The molecule has 2 atom stereocenters. The number of carbonyl (C=O) groups excluding carboxylic acids is 1. The summed E-state index contributed by atoms with van der Waals surface area (Å²) in [4.78, 5) is 11.5. The smallest absolute Gasteiger partial charge is 0.244 e. The molecule has 154 valence electrons. The van der Waals surface area contributed by atoms with Crippen molar-refractivity contribution in [3.05, 3.63) is 12.2 Å². The molecule has 0 aliphatic carbocycles. The Bertz CT molecular complexity index is 344. The Morgan fingerprint density at radius 1 is 0.885 bits per heavy atom. The summed E-state index contributed by atoms with van der Waals surface area (Å²) in [5.41, 5.74) is 0. The number of nitrogens with one attached hydrogen (secondary N) is 1. The van der Waals surface area contributed by atoms with Gasteiger partial charge in [0.1, 0.15) is 0 Å². The van der Waals surface area contributed by atoms with Gasteiger partial charge in [-0.15, -0.1) is 0 Å². The fourth-order valence-electron chi connectivity index (χ4n) is 3.22. The lowest BCUT2D eigenvalue weighted by atomic mass is 10.0. The van der Waals surface area contributed by atoms with E-state index >= 15 is 0 Å². The van der Waals surface area contributed by atoms with Crippen molar-refractivity contribution in [3.8, 4) is 0 Å². The normalized spacial score (nSPS) is 13.8. The number of allylic oxidation sites excluding steroid dienone is 1. The highest BCUT2D eigenvalue weighted by Gasteiger charge is 2.19. The summed E-state index contributed by atoms with van der Waals surface area (Å²) in [6.07, 6.45) is 19.8. The molecule has 0 aromatic heterocycles. The van der Waals surface area contributed by atoms with E-state index in [4.69, 9.17) is 0 Å². The number of hydrogen-bond donors (Lipinski definition) is 3. The van der Waals surface area contributed by atoms with Crippen LogP contribution in [0.25, 0.3) is 0 Å². The fraction of sp³-hybridized carbons (Fsp3) is 0.864. The SMILES string of the molecule is C/C=C/C(=O)N[C@@H](CO)[C@H](O)CCCCCCCCCCCCCCC. The van der Waals surface area contributed by atoms with Gasteiger partial charge in [0.15, 0.2) is 0 Å². The number of hydrogen-bond acceptors (Lipinski definition) is 3. The number of aliphatic hydroxyl groups is 2. The standard InChI is InChI=1S/C22H43NO3/c1-3-5-6-7-8-9-10-11-12-13-14-15-16-18-21(25)20(19-24)23-22(26)17-4-2/h4,17,20-21,24-25H,3,5-16,18-19H2,1-2H3,(H,23,26)/b17-4+/t20-,21+/m0/s1. The number of amides is 1. The van der Waals surface area contributed by atoms with Gasteiger partial charge < -0.3 is 15.5 Å². The van der Waals surface area contributed by atoms with Crippen LogP contribution in [0.3, 0.4) is 0 Å². The van der Waals surface area contributed by atoms with E-state index in [-0.39, 0.29) is 12.5 Å². The minimum Gasteiger partial charge on any atom is -0.394 e. The molecule has 0 aliphatic heterocycles. The largest absolute Gasteiger partial charge is 0.394 e. The monoisotopic (exact) mass is 369 g/mol. The fourth-order valence-corrected chi connectivity index (χ4v) is 3.22. The Morgan fingerprint density at radius 3 is 1.77 bits per heavy atom. The second-order valence-corrected chi connectivity index (χ2v) is 7.40. The van der Waals surface area contributed by atoms with E-state index in [2.05, 4.69) is 12.2 Å². The van der Waals surface area contributed by atoms with Gasteiger partial charge in [-0.1, -0.05) is 96.5 Å². The molecule has 4 heteroatoms.